The Bertz CT molecular complexity index is 766. The van der Waals surface area contributed by atoms with E-state index in [0.29, 0.717) is 10.9 Å². The van der Waals surface area contributed by atoms with Gasteiger partial charge < -0.3 is 9.47 Å². The number of carbonyl (C=O) groups is 1. The van der Waals surface area contributed by atoms with Crippen LogP contribution in [-0.4, -0.2) is 45.0 Å². The van der Waals surface area contributed by atoms with E-state index in [0.717, 1.165) is 25.7 Å². The average Bonchev–Trinajstić information content (AvgIpc) is 3.01. The van der Waals surface area contributed by atoms with Crippen LogP contribution in [0.15, 0.2) is 27.6 Å². The molecule has 1 aromatic rings. The Hall–Kier alpha value is -1.12. The highest BCUT2D eigenvalue weighted by molar-refractivity contribution is 9.10. The van der Waals surface area contributed by atoms with Crippen molar-refractivity contribution in [3.8, 4) is 5.75 Å². The van der Waals surface area contributed by atoms with E-state index >= 15 is 0 Å². The molecule has 3 rings (SSSR count). The third-order valence-corrected chi connectivity index (χ3v) is 7.63. The zero-order valence-electron chi connectivity index (χ0n) is 14.3. The summed E-state index contributed by atoms with van der Waals surface area (Å²) in [5.74, 6) is -0.0243. The van der Waals surface area contributed by atoms with Gasteiger partial charge in [-0.05, 0) is 43.4 Å². The molecule has 6 nitrogen and oxygen atoms in total. The molecule has 0 aromatic heterocycles. The summed E-state index contributed by atoms with van der Waals surface area (Å²) in [5, 5.41) is 0. The molecule has 3 atom stereocenters. The second-order valence-electron chi connectivity index (χ2n) is 6.52. The molecular weight excluding hydrogens is 410 g/mol. The molecule has 1 saturated carbocycles. The molecule has 3 unspecified atom stereocenters. The van der Waals surface area contributed by atoms with Crippen LogP contribution < -0.4 is 4.74 Å². The fraction of sp³-hybridized carbons (Fsp3) is 0.588. The molecule has 0 N–H and O–H groups in total. The highest BCUT2D eigenvalue weighted by Gasteiger charge is 2.52. The standard InChI is InChI=1S/C17H22BrNO5S/c1-23-15-8-7-12(18)10-16(15)25(21,22)19-13-6-4-3-5-11(13)9-14(19)17(20)24-2/h7-8,10-11,13-14H,3-6,9H2,1-2H3. The number of methoxy groups -OCH3 is 2. The summed E-state index contributed by atoms with van der Waals surface area (Å²) in [7, 11) is -1.16. The van der Waals surface area contributed by atoms with Crippen molar-refractivity contribution in [2.24, 2.45) is 5.92 Å². The Morgan fingerprint density at radius 3 is 2.64 bits per heavy atom. The van der Waals surface area contributed by atoms with Gasteiger partial charge in [0.25, 0.3) is 0 Å². The molecule has 8 heteroatoms. The Morgan fingerprint density at radius 1 is 1.24 bits per heavy atom. The van der Waals surface area contributed by atoms with Gasteiger partial charge in [-0.25, -0.2) is 8.42 Å². The van der Waals surface area contributed by atoms with Gasteiger partial charge in [0.1, 0.15) is 16.7 Å². The molecule has 1 aliphatic heterocycles. The first kappa shape index (κ1) is 18.7. The van der Waals surface area contributed by atoms with Crippen LogP contribution >= 0.6 is 15.9 Å². The maximum atomic E-state index is 13.5. The van der Waals surface area contributed by atoms with Crippen molar-refractivity contribution in [2.75, 3.05) is 14.2 Å². The molecular formula is C17H22BrNO5S. The zero-order chi connectivity index (χ0) is 18.2. The van der Waals surface area contributed by atoms with Crippen molar-refractivity contribution in [3.05, 3.63) is 22.7 Å². The largest absolute Gasteiger partial charge is 0.495 e. The van der Waals surface area contributed by atoms with Gasteiger partial charge in [0.15, 0.2) is 0 Å². The van der Waals surface area contributed by atoms with Crippen molar-refractivity contribution in [3.63, 3.8) is 0 Å². The molecule has 2 aliphatic rings. The lowest BCUT2D eigenvalue weighted by Gasteiger charge is -2.32. The van der Waals surface area contributed by atoms with E-state index in [9.17, 15) is 13.2 Å². The minimum atomic E-state index is -3.90. The molecule has 2 fully saturated rings. The summed E-state index contributed by atoms with van der Waals surface area (Å²) in [4.78, 5) is 12.4. The van der Waals surface area contributed by atoms with Crippen molar-refractivity contribution >= 4 is 31.9 Å². The van der Waals surface area contributed by atoms with Gasteiger partial charge in [-0.2, -0.15) is 4.31 Å². The number of rotatable bonds is 4. The predicted molar refractivity (Wildman–Crippen MR) is 95.9 cm³/mol. The number of fused-ring (bicyclic) bond motifs is 1. The number of ether oxygens (including phenoxy) is 2. The van der Waals surface area contributed by atoms with E-state index in [2.05, 4.69) is 15.9 Å². The highest BCUT2D eigenvalue weighted by Crippen LogP contribution is 2.44. The van der Waals surface area contributed by atoms with Crippen molar-refractivity contribution in [1.29, 1.82) is 0 Å². The molecule has 0 bridgehead atoms. The number of sulfonamides is 1. The summed E-state index contributed by atoms with van der Waals surface area (Å²) in [6, 6.07) is 3.93. The topological polar surface area (TPSA) is 72.9 Å². The van der Waals surface area contributed by atoms with Gasteiger partial charge in [-0.15, -0.1) is 0 Å². The minimum absolute atomic E-state index is 0.0736. The first-order chi connectivity index (χ1) is 11.9. The van der Waals surface area contributed by atoms with E-state index < -0.39 is 22.0 Å². The first-order valence-corrected chi connectivity index (χ1v) is 10.6. The van der Waals surface area contributed by atoms with Crippen molar-refractivity contribution in [1.82, 2.24) is 4.31 Å². The molecule has 25 heavy (non-hydrogen) atoms. The minimum Gasteiger partial charge on any atom is -0.495 e. The van der Waals surface area contributed by atoms with Crippen LogP contribution in [0, 0.1) is 5.92 Å². The van der Waals surface area contributed by atoms with Crippen LogP contribution in [-0.2, 0) is 19.6 Å². The Labute approximate surface area is 156 Å². The highest BCUT2D eigenvalue weighted by atomic mass is 79.9. The molecule has 1 saturated heterocycles. The van der Waals surface area contributed by atoms with Gasteiger partial charge in [-0.3, -0.25) is 4.79 Å². The van der Waals surface area contributed by atoms with Crippen LogP contribution in [0.4, 0.5) is 0 Å². The lowest BCUT2D eigenvalue weighted by molar-refractivity contribution is -0.144. The van der Waals surface area contributed by atoms with Crippen molar-refractivity contribution in [2.45, 2.75) is 49.1 Å². The lowest BCUT2D eigenvalue weighted by atomic mass is 9.85. The predicted octanol–water partition coefficient (Wildman–Crippen LogP) is 2.95. The van der Waals surface area contributed by atoms with Crippen LogP contribution in [0.3, 0.4) is 0 Å². The maximum absolute atomic E-state index is 13.5. The number of carbonyl (C=O) groups excluding carboxylic acids is 1. The SMILES string of the molecule is COC(=O)C1CC2CCCCC2N1S(=O)(=O)c1cc(Br)ccc1OC. The van der Waals surface area contributed by atoms with Gasteiger partial charge in [0.2, 0.25) is 10.0 Å². The smallest absolute Gasteiger partial charge is 0.324 e. The van der Waals surface area contributed by atoms with E-state index in [1.807, 2.05) is 0 Å². The van der Waals surface area contributed by atoms with Gasteiger partial charge in [0.05, 0.1) is 14.2 Å². The Kier molecular flexibility index (Phi) is 5.41. The summed E-state index contributed by atoms with van der Waals surface area (Å²) in [6.45, 7) is 0. The second kappa shape index (κ2) is 7.25. The van der Waals surface area contributed by atoms with Crippen LogP contribution in [0.2, 0.25) is 0 Å². The van der Waals surface area contributed by atoms with Gasteiger partial charge in [-0.1, -0.05) is 28.8 Å². The summed E-state index contributed by atoms with van der Waals surface area (Å²) in [5.41, 5.74) is 0. The lowest BCUT2D eigenvalue weighted by Crippen LogP contribution is -2.46. The van der Waals surface area contributed by atoms with E-state index in [1.165, 1.54) is 24.6 Å². The van der Waals surface area contributed by atoms with Gasteiger partial charge >= 0.3 is 5.97 Å². The number of benzene rings is 1. The fourth-order valence-corrected chi connectivity index (χ4v) is 6.63. The van der Waals surface area contributed by atoms with E-state index in [1.54, 1.807) is 12.1 Å². The number of hydrogen-bond acceptors (Lipinski definition) is 5. The number of halogens is 1. The first-order valence-electron chi connectivity index (χ1n) is 8.35. The number of nitrogens with zero attached hydrogens (tertiary/aromatic N) is 1. The molecule has 1 heterocycles. The Morgan fingerprint density at radius 2 is 1.96 bits per heavy atom. The summed E-state index contributed by atoms with van der Waals surface area (Å²) in [6.07, 6.45) is 4.28. The normalized spacial score (nSPS) is 26.9. The second-order valence-corrected chi connectivity index (χ2v) is 9.24. The quantitative estimate of drug-likeness (QED) is 0.685. The third-order valence-electron chi connectivity index (χ3n) is 5.18. The number of esters is 1. The zero-order valence-corrected chi connectivity index (χ0v) is 16.7. The molecule has 1 aliphatic carbocycles. The molecule has 1 aromatic carbocycles. The monoisotopic (exact) mass is 431 g/mol. The van der Waals surface area contributed by atoms with Crippen LogP contribution in [0.25, 0.3) is 0 Å². The van der Waals surface area contributed by atoms with Gasteiger partial charge in [0, 0.05) is 10.5 Å². The Balaban J connectivity index is 2.09. The fourth-order valence-electron chi connectivity index (χ4n) is 4.07. The molecule has 138 valence electrons. The summed E-state index contributed by atoms with van der Waals surface area (Å²) < 4.78 is 39.1. The molecule has 0 radical (unpaired) electrons. The third kappa shape index (κ3) is 3.31. The van der Waals surface area contributed by atoms with E-state index in [-0.39, 0.29) is 22.6 Å². The maximum Gasteiger partial charge on any atom is 0.324 e. The van der Waals surface area contributed by atoms with E-state index in [4.69, 9.17) is 9.47 Å². The summed E-state index contributed by atoms with van der Waals surface area (Å²) >= 11 is 3.32. The average molecular weight is 432 g/mol. The van der Waals surface area contributed by atoms with Crippen LogP contribution in [0.5, 0.6) is 5.75 Å². The van der Waals surface area contributed by atoms with Crippen LogP contribution in [0.1, 0.15) is 32.1 Å². The molecule has 0 spiro atoms. The van der Waals surface area contributed by atoms with Crippen molar-refractivity contribution < 1.29 is 22.7 Å². The molecule has 0 amide bonds. The number of hydrogen-bond donors (Lipinski definition) is 0.